The zero-order valence-electron chi connectivity index (χ0n) is 13.4. The van der Waals surface area contributed by atoms with Crippen molar-refractivity contribution in [1.82, 2.24) is 10.3 Å². The molecule has 3 heteroatoms. The van der Waals surface area contributed by atoms with Crippen molar-refractivity contribution in [2.45, 2.75) is 33.4 Å². The molecular formula is C18H25N3. The standard InChI is InChI=1S/C18H25N3/c1-5-19-15(3)17-9-10-18(20-12-17)21(4)13-16-8-6-7-14(2)11-16/h6-12,15,19H,5,13H2,1-4H3. The summed E-state index contributed by atoms with van der Waals surface area (Å²) < 4.78 is 0. The molecule has 1 unspecified atom stereocenters. The monoisotopic (exact) mass is 283 g/mol. The van der Waals surface area contributed by atoms with Crippen LogP contribution in [0.3, 0.4) is 0 Å². The van der Waals surface area contributed by atoms with Crippen LogP contribution in [0.4, 0.5) is 5.82 Å². The van der Waals surface area contributed by atoms with Gasteiger partial charge in [-0.25, -0.2) is 4.98 Å². The summed E-state index contributed by atoms with van der Waals surface area (Å²) in [7, 11) is 2.08. The maximum absolute atomic E-state index is 4.59. The Morgan fingerprint density at radius 1 is 1.24 bits per heavy atom. The van der Waals surface area contributed by atoms with Gasteiger partial charge in [0.15, 0.2) is 0 Å². The lowest BCUT2D eigenvalue weighted by atomic mass is 10.1. The molecule has 1 aromatic heterocycles. The Morgan fingerprint density at radius 3 is 2.67 bits per heavy atom. The van der Waals surface area contributed by atoms with Gasteiger partial charge in [-0.1, -0.05) is 42.8 Å². The summed E-state index contributed by atoms with van der Waals surface area (Å²) in [6, 6.07) is 13.2. The van der Waals surface area contributed by atoms with Crippen molar-refractivity contribution in [2.75, 3.05) is 18.5 Å². The molecule has 0 aliphatic carbocycles. The average Bonchev–Trinajstić information content (AvgIpc) is 2.47. The van der Waals surface area contributed by atoms with Crippen molar-refractivity contribution in [2.24, 2.45) is 0 Å². The molecule has 1 heterocycles. The van der Waals surface area contributed by atoms with Crippen molar-refractivity contribution in [3.8, 4) is 0 Å². The lowest BCUT2D eigenvalue weighted by Crippen LogP contribution is -2.20. The molecule has 1 atom stereocenters. The van der Waals surface area contributed by atoms with Crippen molar-refractivity contribution >= 4 is 5.82 Å². The fraction of sp³-hybridized carbons (Fsp3) is 0.389. The first kappa shape index (κ1) is 15.5. The lowest BCUT2D eigenvalue weighted by molar-refractivity contribution is 0.596. The second-order valence-corrected chi connectivity index (χ2v) is 5.57. The maximum atomic E-state index is 4.59. The van der Waals surface area contributed by atoms with E-state index in [0.717, 1.165) is 18.9 Å². The topological polar surface area (TPSA) is 28.2 Å². The Balaban J connectivity index is 2.04. The molecule has 1 N–H and O–H groups in total. The highest BCUT2D eigenvalue weighted by Crippen LogP contribution is 2.17. The first-order valence-electron chi connectivity index (χ1n) is 7.56. The molecule has 0 saturated heterocycles. The molecule has 0 fully saturated rings. The highest BCUT2D eigenvalue weighted by Gasteiger charge is 2.07. The molecular weight excluding hydrogens is 258 g/mol. The molecule has 21 heavy (non-hydrogen) atoms. The third-order valence-corrected chi connectivity index (χ3v) is 3.67. The van der Waals surface area contributed by atoms with Gasteiger partial charge in [-0.15, -0.1) is 0 Å². The van der Waals surface area contributed by atoms with E-state index in [9.17, 15) is 0 Å². The van der Waals surface area contributed by atoms with Gasteiger partial charge < -0.3 is 10.2 Å². The van der Waals surface area contributed by atoms with Crippen LogP contribution in [0.1, 0.15) is 36.6 Å². The van der Waals surface area contributed by atoms with E-state index in [1.54, 1.807) is 0 Å². The van der Waals surface area contributed by atoms with Gasteiger partial charge in [0, 0.05) is 25.8 Å². The quantitative estimate of drug-likeness (QED) is 0.876. The van der Waals surface area contributed by atoms with Gasteiger partial charge >= 0.3 is 0 Å². The Kier molecular flexibility index (Phi) is 5.34. The van der Waals surface area contributed by atoms with Crippen molar-refractivity contribution in [3.05, 3.63) is 59.3 Å². The van der Waals surface area contributed by atoms with Crippen molar-refractivity contribution in [1.29, 1.82) is 0 Å². The number of anilines is 1. The van der Waals surface area contributed by atoms with Gasteiger partial charge in [-0.2, -0.15) is 0 Å². The minimum Gasteiger partial charge on any atom is -0.355 e. The van der Waals surface area contributed by atoms with Crippen LogP contribution in [0.15, 0.2) is 42.6 Å². The number of aryl methyl sites for hydroxylation is 1. The molecule has 0 bridgehead atoms. The van der Waals surface area contributed by atoms with Crippen LogP contribution in [-0.2, 0) is 6.54 Å². The third kappa shape index (κ3) is 4.30. The molecule has 2 aromatic rings. The highest BCUT2D eigenvalue weighted by atomic mass is 15.2. The molecule has 0 aliphatic rings. The van der Waals surface area contributed by atoms with Crippen molar-refractivity contribution < 1.29 is 0 Å². The lowest BCUT2D eigenvalue weighted by Gasteiger charge is -2.20. The summed E-state index contributed by atoms with van der Waals surface area (Å²) in [6.07, 6.45) is 1.97. The van der Waals surface area contributed by atoms with Gasteiger partial charge in [0.05, 0.1) is 0 Å². The minimum atomic E-state index is 0.346. The van der Waals surface area contributed by atoms with Gasteiger partial charge in [-0.3, -0.25) is 0 Å². The Bertz CT molecular complexity index is 563. The van der Waals surface area contributed by atoms with Crippen LogP contribution >= 0.6 is 0 Å². The van der Waals surface area contributed by atoms with Gasteiger partial charge in [0.1, 0.15) is 5.82 Å². The van der Waals surface area contributed by atoms with Gasteiger partial charge in [-0.05, 0) is 37.6 Å². The van der Waals surface area contributed by atoms with E-state index in [1.165, 1.54) is 16.7 Å². The predicted octanol–water partition coefficient (Wildman–Crippen LogP) is 3.70. The van der Waals surface area contributed by atoms with Gasteiger partial charge in [0.25, 0.3) is 0 Å². The van der Waals surface area contributed by atoms with E-state index >= 15 is 0 Å². The molecule has 3 nitrogen and oxygen atoms in total. The normalized spacial score (nSPS) is 12.2. The second-order valence-electron chi connectivity index (χ2n) is 5.57. The summed E-state index contributed by atoms with van der Waals surface area (Å²) in [5, 5.41) is 3.40. The van der Waals surface area contributed by atoms with Crippen LogP contribution in [0.25, 0.3) is 0 Å². The summed E-state index contributed by atoms with van der Waals surface area (Å²) in [5.74, 6) is 1.00. The SMILES string of the molecule is CCNC(C)c1ccc(N(C)Cc2cccc(C)c2)nc1. The minimum absolute atomic E-state index is 0.346. The largest absolute Gasteiger partial charge is 0.355 e. The number of hydrogen-bond acceptors (Lipinski definition) is 3. The van der Waals surface area contributed by atoms with E-state index in [1.807, 2.05) is 6.20 Å². The van der Waals surface area contributed by atoms with Crippen LogP contribution in [0.2, 0.25) is 0 Å². The number of hydrogen-bond donors (Lipinski definition) is 1. The number of rotatable bonds is 6. The van der Waals surface area contributed by atoms with E-state index < -0.39 is 0 Å². The molecule has 1 aromatic carbocycles. The van der Waals surface area contributed by atoms with E-state index in [-0.39, 0.29) is 0 Å². The molecule has 2 rings (SSSR count). The fourth-order valence-corrected chi connectivity index (χ4v) is 2.47. The molecule has 0 saturated carbocycles. The Hall–Kier alpha value is -1.87. The van der Waals surface area contributed by atoms with Crippen LogP contribution in [0.5, 0.6) is 0 Å². The summed E-state index contributed by atoms with van der Waals surface area (Å²) in [6.45, 7) is 8.25. The van der Waals surface area contributed by atoms with Crippen LogP contribution < -0.4 is 10.2 Å². The van der Waals surface area contributed by atoms with Crippen LogP contribution in [-0.4, -0.2) is 18.6 Å². The first-order chi connectivity index (χ1) is 10.1. The number of nitrogens with one attached hydrogen (secondary N) is 1. The average molecular weight is 283 g/mol. The Labute approximate surface area is 128 Å². The number of aromatic nitrogens is 1. The van der Waals surface area contributed by atoms with Crippen LogP contribution in [0, 0.1) is 6.92 Å². The maximum Gasteiger partial charge on any atom is 0.128 e. The second kappa shape index (κ2) is 7.23. The van der Waals surface area contributed by atoms with E-state index in [2.05, 4.69) is 79.4 Å². The fourth-order valence-electron chi connectivity index (χ4n) is 2.47. The molecule has 0 aliphatic heterocycles. The summed E-state index contributed by atoms with van der Waals surface area (Å²) in [4.78, 5) is 6.76. The van der Waals surface area contributed by atoms with Gasteiger partial charge in [0.2, 0.25) is 0 Å². The van der Waals surface area contributed by atoms with Crippen molar-refractivity contribution in [3.63, 3.8) is 0 Å². The predicted molar refractivity (Wildman–Crippen MR) is 89.6 cm³/mol. The summed E-state index contributed by atoms with van der Waals surface area (Å²) in [5.41, 5.74) is 3.83. The molecule has 0 amide bonds. The zero-order valence-corrected chi connectivity index (χ0v) is 13.4. The smallest absolute Gasteiger partial charge is 0.128 e. The molecule has 0 spiro atoms. The number of nitrogens with zero attached hydrogens (tertiary/aromatic N) is 2. The van der Waals surface area contributed by atoms with E-state index in [0.29, 0.717) is 6.04 Å². The molecule has 0 radical (unpaired) electrons. The Morgan fingerprint density at radius 2 is 2.05 bits per heavy atom. The highest BCUT2D eigenvalue weighted by molar-refractivity contribution is 5.40. The third-order valence-electron chi connectivity index (χ3n) is 3.67. The zero-order chi connectivity index (χ0) is 15.2. The number of benzene rings is 1. The molecule has 112 valence electrons. The number of pyridine rings is 1. The summed E-state index contributed by atoms with van der Waals surface area (Å²) >= 11 is 0. The first-order valence-corrected chi connectivity index (χ1v) is 7.56. The van der Waals surface area contributed by atoms with E-state index in [4.69, 9.17) is 0 Å².